The lowest BCUT2D eigenvalue weighted by Gasteiger charge is -2.57. The molecule has 0 aromatic rings. The van der Waals surface area contributed by atoms with Crippen LogP contribution in [0.3, 0.4) is 0 Å². The van der Waals surface area contributed by atoms with Crippen LogP contribution < -0.4 is 0 Å². The Balaban J connectivity index is 1.39. The highest BCUT2D eigenvalue weighted by Gasteiger charge is 2.69. The highest BCUT2D eigenvalue weighted by molar-refractivity contribution is 5.92. The molecule has 0 bridgehead atoms. The molecule has 4 heteroatoms. The number of carbonyl (C=O) groups excluding carboxylic acids is 2. The van der Waals surface area contributed by atoms with Crippen LogP contribution in [0.15, 0.2) is 23.8 Å². The van der Waals surface area contributed by atoms with Crippen molar-refractivity contribution >= 4 is 11.8 Å². The van der Waals surface area contributed by atoms with Gasteiger partial charge in [0.2, 0.25) is 0 Å². The summed E-state index contributed by atoms with van der Waals surface area (Å²) in [7, 11) is 0. The van der Waals surface area contributed by atoms with Gasteiger partial charge in [0.15, 0.2) is 5.78 Å². The van der Waals surface area contributed by atoms with Gasteiger partial charge < -0.3 is 9.47 Å². The van der Waals surface area contributed by atoms with E-state index in [0.717, 1.165) is 6.42 Å². The van der Waals surface area contributed by atoms with Gasteiger partial charge in [-0.15, -0.1) is 0 Å². The van der Waals surface area contributed by atoms with Crippen molar-refractivity contribution in [3.05, 3.63) is 23.8 Å². The third-order valence-electron chi connectivity index (χ3n) is 9.76. The van der Waals surface area contributed by atoms with Crippen molar-refractivity contribution in [2.24, 2.45) is 40.4 Å². The summed E-state index contributed by atoms with van der Waals surface area (Å²) in [5.41, 5.74) is 1.76. The van der Waals surface area contributed by atoms with Gasteiger partial charge in [-0.05, 0) is 91.1 Å². The van der Waals surface area contributed by atoms with Crippen molar-refractivity contribution in [3.63, 3.8) is 0 Å². The van der Waals surface area contributed by atoms with Crippen LogP contribution in [0.5, 0.6) is 0 Å². The molecule has 0 spiro atoms. The number of esters is 1. The largest absolute Gasteiger partial charge is 0.463 e. The smallest absolute Gasteiger partial charge is 0.330 e. The first-order chi connectivity index (χ1) is 14.3. The van der Waals surface area contributed by atoms with E-state index < -0.39 is 0 Å². The summed E-state index contributed by atoms with van der Waals surface area (Å²) in [5.74, 6) is 2.99. The molecule has 5 aliphatic rings. The minimum atomic E-state index is -0.228. The zero-order valence-electron chi connectivity index (χ0n) is 18.9. The number of rotatable bonds is 4. The Morgan fingerprint density at radius 1 is 1.27 bits per heavy atom. The fourth-order valence-electron chi connectivity index (χ4n) is 8.27. The second kappa shape index (κ2) is 7.05. The fraction of sp³-hybridized carbons (Fsp3) is 0.769. The third kappa shape index (κ3) is 2.89. The molecular formula is C26H36O4. The number of fused-ring (bicyclic) bond motifs is 8. The molecule has 4 aliphatic carbocycles. The number of ketones is 1. The molecule has 4 nitrogen and oxygen atoms in total. The molecule has 0 radical (unpaired) electrons. The molecule has 1 aliphatic heterocycles. The van der Waals surface area contributed by atoms with E-state index in [1.54, 1.807) is 6.08 Å². The summed E-state index contributed by atoms with van der Waals surface area (Å²) < 4.78 is 11.4. The predicted molar refractivity (Wildman–Crippen MR) is 115 cm³/mol. The van der Waals surface area contributed by atoms with Gasteiger partial charge in [0.1, 0.15) is 6.10 Å². The molecule has 9 atom stereocenters. The van der Waals surface area contributed by atoms with Gasteiger partial charge >= 0.3 is 5.97 Å². The Hall–Kier alpha value is -1.42. The number of ether oxygens (including phenoxy) is 2. The Morgan fingerprint density at radius 3 is 2.83 bits per heavy atom. The average molecular weight is 413 g/mol. The molecule has 30 heavy (non-hydrogen) atoms. The van der Waals surface area contributed by atoms with E-state index in [9.17, 15) is 9.59 Å². The van der Waals surface area contributed by atoms with Crippen molar-refractivity contribution in [2.45, 2.75) is 78.4 Å². The van der Waals surface area contributed by atoms with Crippen LogP contribution in [0, 0.1) is 40.4 Å². The summed E-state index contributed by atoms with van der Waals surface area (Å²) >= 11 is 0. The summed E-state index contributed by atoms with van der Waals surface area (Å²) in [6.07, 6.45) is 12.8. The van der Waals surface area contributed by atoms with Crippen LogP contribution in [0.1, 0.15) is 66.2 Å². The number of epoxide rings is 1. The SMILES string of the molecule is CCOC(=O)/C=C/[C@@H](C)[C@H]1CC[C@H]2[C@@H]3[C@H]4O[C@@H]4C4=CC(=O)CC[C@]4(C)[C@H]3CC[C@]12C. The van der Waals surface area contributed by atoms with Gasteiger partial charge in [-0.2, -0.15) is 0 Å². The maximum Gasteiger partial charge on any atom is 0.330 e. The molecule has 164 valence electrons. The number of hydrogen-bond acceptors (Lipinski definition) is 4. The van der Waals surface area contributed by atoms with Crippen LogP contribution >= 0.6 is 0 Å². The summed E-state index contributed by atoms with van der Waals surface area (Å²) in [4.78, 5) is 23.9. The van der Waals surface area contributed by atoms with Gasteiger partial charge in [-0.1, -0.05) is 26.8 Å². The van der Waals surface area contributed by atoms with E-state index in [0.29, 0.717) is 59.9 Å². The minimum absolute atomic E-state index is 0.144. The van der Waals surface area contributed by atoms with Crippen LogP contribution in [0.4, 0.5) is 0 Å². The van der Waals surface area contributed by atoms with Crippen LogP contribution in [-0.4, -0.2) is 30.6 Å². The molecule has 1 heterocycles. The van der Waals surface area contributed by atoms with Gasteiger partial charge in [0.05, 0.1) is 12.7 Å². The summed E-state index contributed by atoms with van der Waals surface area (Å²) in [5, 5.41) is 0. The van der Waals surface area contributed by atoms with E-state index in [-0.39, 0.29) is 17.5 Å². The topological polar surface area (TPSA) is 55.9 Å². The van der Waals surface area contributed by atoms with E-state index in [1.165, 1.54) is 31.3 Å². The van der Waals surface area contributed by atoms with Crippen LogP contribution in [0.2, 0.25) is 0 Å². The van der Waals surface area contributed by atoms with Crippen molar-refractivity contribution in [1.82, 2.24) is 0 Å². The summed E-state index contributed by atoms with van der Waals surface area (Å²) in [6, 6.07) is 0. The highest BCUT2D eigenvalue weighted by atomic mass is 16.6. The Kier molecular flexibility index (Phi) is 4.81. The van der Waals surface area contributed by atoms with E-state index >= 15 is 0 Å². The zero-order valence-corrected chi connectivity index (χ0v) is 18.9. The normalized spacial score (nSPS) is 47.6. The third-order valence-corrected chi connectivity index (χ3v) is 9.76. The lowest BCUT2D eigenvalue weighted by molar-refractivity contribution is -0.137. The van der Waals surface area contributed by atoms with Crippen LogP contribution in [-0.2, 0) is 19.1 Å². The van der Waals surface area contributed by atoms with Crippen molar-refractivity contribution in [2.75, 3.05) is 6.61 Å². The van der Waals surface area contributed by atoms with E-state index in [4.69, 9.17) is 9.47 Å². The molecule has 5 rings (SSSR count). The standard InChI is InChI=1S/C26H36O4/c1-5-29-21(28)9-6-15(2)17-7-8-18-22-19(11-13-25(17,18)3)26(4)12-10-16(27)14-20(26)23-24(22)30-23/h6,9,14-15,17-19,22-24H,5,7-8,10-13H2,1-4H3/b9-6+/t15-,17-,18+,19+,22+,23-,24-,25-,26-/m1/s1. The average Bonchev–Trinajstić information content (AvgIpc) is 3.42. The molecule has 3 saturated carbocycles. The molecule has 0 aromatic heterocycles. The van der Waals surface area contributed by atoms with Gasteiger partial charge in [0.25, 0.3) is 0 Å². The maximum atomic E-state index is 12.1. The molecule has 0 unspecified atom stereocenters. The Bertz CT molecular complexity index is 812. The van der Waals surface area contributed by atoms with Crippen molar-refractivity contribution in [1.29, 1.82) is 0 Å². The number of allylic oxidation sites excluding steroid dienone is 1. The quantitative estimate of drug-likeness (QED) is 0.375. The summed E-state index contributed by atoms with van der Waals surface area (Å²) in [6.45, 7) is 9.47. The molecule has 0 amide bonds. The Morgan fingerprint density at radius 2 is 2.07 bits per heavy atom. The Labute approximate surface area is 180 Å². The van der Waals surface area contributed by atoms with Crippen LogP contribution in [0.25, 0.3) is 0 Å². The molecule has 4 fully saturated rings. The van der Waals surface area contributed by atoms with Gasteiger partial charge in [0, 0.05) is 12.5 Å². The van der Waals surface area contributed by atoms with Gasteiger partial charge in [-0.3, -0.25) is 4.79 Å². The lowest BCUT2D eigenvalue weighted by Crippen LogP contribution is -2.53. The first-order valence-electron chi connectivity index (χ1n) is 12.0. The second-order valence-corrected chi connectivity index (χ2v) is 11.0. The van der Waals surface area contributed by atoms with Crippen molar-refractivity contribution < 1.29 is 19.1 Å². The first-order valence-corrected chi connectivity index (χ1v) is 12.0. The first kappa shape index (κ1) is 20.5. The monoisotopic (exact) mass is 412 g/mol. The fourth-order valence-corrected chi connectivity index (χ4v) is 8.27. The second-order valence-electron chi connectivity index (χ2n) is 11.0. The number of hydrogen-bond donors (Lipinski definition) is 0. The van der Waals surface area contributed by atoms with E-state index in [1.807, 2.05) is 13.0 Å². The van der Waals surface area contributed by atoms with Gasteiger partial charge in [-0.25, -0.2) is 4.79 Å². The highest BCUT2D eigenvalue weighted by Crippen LogP contribution is 2.70. The zero-order chi connectivity index (χ0) is 21.3. The molecular weight excluding hydrogens is 376 g/mol. The van der Waals surface area contributed by atoms with E-state index in [2.05, 4.69) is 26.8 Å². The minimum Gasteiger partial charge on any atom is -0.463 e. The van der Waals surface area contributed by atoms with Crippen molar-refractivity contribution in [3.8, 4) is 0 Å². The maximum absolute atomic E-state index is 12.1. The molecule has 0 N–H and O–H groups in total. The molecule has 1 saturated heterocycles. The number of carbonyl (C=O) groups is 2. The molecule has 0 aromatic carbocycles. The predicted octanol–water partition coefficient (Wildman–Crippen LogP) is 4.88. The lowest BCUT2D eigenvalue weighted by atomic mass is 9.46.